The first-order valence-electron chi connectivity index (χ1n) is 13.1. The van der Waals surface area contributed by atoms with E-state index < -0.39 is 59.2 Å². The van der Waals surface area contributed by atoms with Crippen LogP contribution in [0.3, 0.4) is 0 Å². The number of fused-ring (bicyclic) bond motifs is 2. The van der Waals surface area contributed by atoms with Gasteiger partial charge in [0.25, 0.3) is 0 Å². The fraction of sp³-hybridized carbons (Fsp3) is 0.607. The van der Waals surface area contributed by atoms with Crippen LogP contribution in [0.4, 0.5) is 5.69 Å². The smallest absolute Gasteiger partial charge is 0.227 e. The van der Waals surface area contributed by atoms with E-state index in [9.17, 15) is 29.7 Å². The second-order valence-corrected chi connectivity index (χ2v) is 10.8. The Labute approximate surface area is 224 Å². The van der Waals surface area contributed by atoms with Gasteiger partial charge in [0.1, 0.15) is 11.5 Å². The first kappa shape index (κ1) is 29.6. The summed E-state index contributed by atoms with van der Waals surface area (Å²) in [7, 11) is 7.12. The molecule has 0 saturated carbocycles. The van der Waals surface area contributed by atoms with Crippen LogP contribution in [0.2, 0.25) is 0 Å². The summed E-state index contributed by atoms with van der Waals surface area (Å²) in [5, 5.41) is 33.7. The van der Waals surface area contributed by atoms with E-state index >= 15 is 0 Å². The molecule has 1 amide bonds. The molecule has 2 unspecified atom stereocenters. The average molecular weight is 532 g/mol. The Morgan fingerprint density at radius 3 is 2.42 bits per heavy atom. The molecule has 38 heavy (non-hydrogen) atoms. The van der Waals surface area contributed by atoms with Gasteiger partial charge in [-0.1, -0.05) is 13.3 Å². The summed E-state index contributed by atoms with van der Waals surface area (Å²) in [5.41, 5.74) is 4.63. The zero-order chi connectivity index (χ0) is 28.5. The molecule has 2 aliphatic rings. The van der Waals surface area contributed by atoms with Crippen molar-refractivity contribution in [1.82, 2.24) is 4.90 Å². The Hall–Kier alpha value is -2.95. The maximum Gasteiger partial charge on any atom is 0.227 e. The maximum atomic E-state index is 14.1. The van der Waals surface area contributed by atoms with Gasteiger partial charge < -0.3 is 35.6 Å². The number of amides is 1. The third-order valence-corrected chi connectivity index (χ3v) is 8.02. The van der Waals surface area contributed by atoms with Gasteiger partial charge in [-0.3, -0.25) is 14.4 Å². The molecule has 210 valence electrons. The molecular formula is C28H41N3O7. The second kappa shape index (κ2) is 11.4. The predicted octanol–water partition coefficient (Wildman–Crippen LogP) is 1.46. The lowest BCUT2D eigenvalue weighted by atomic mass is 9.60. The Morgan fingerprint density at radius 2 is 1.89 bits per heavy atom. The van der Waals surface area contributed by atoms with Crippen molar-refractivity contribution < 1.29 is 34.4 Å². The normalized spacial score (nSPS) is 24.5. The van der Waals surface area contributed by atoms with Crippen LogP contribution in [0.15, 0.2) is 23.5 Å². The van der Waals surface area contributed by atoms with E-state index in [2.05, 4.69) is 0 Å². The number of nitrogens with two attached hydrogens (primary N) is 1. The number of primary amides is 1. The number of likely N-dealkylation sites (N-methyl/N-ethyl adjacent to an activating group) is 1. The van der Waals surface area contributed by atoms with Crippen LogP contribution < -0.4 is 15.4 Å². The first-order valence-corrected chi connectivity index (χ1v) is 13.1. The summed E-state index contributed by atoms with van der Waals surface area (Å²) in [6.45, 7) is 3.28. The van der Waals surface area contributed by atoms with Gasteiger partial charge in [-0.15, -0.1) is 0 Å². The summed E-state index contributed by atoms with van der Waals surface area (Å²) in [4.78, 5) is 43.1. The van der Waals surface area contributed by atoms with E-state index in [1.807, 2.05) is 32.0 Å². The number of hydrogen-bond acceptors (Lipinski definition) is 9. The number of rotatable bonds is 11. The van der Waals surface area contributed by atoms with E-state index in [4.69, 9.17) is 10.5 Å². The number of unbranched alkanes of at least 4 members (excludes halogenated alkanes) is 1. The monoisotopic (exact) mass is 531 g/mol. The highest BCUT2D eigenvalue weighted by Gasteiger charge is 2.59. The second-order valence-electron chi connectivity index (χ2n) is 10.8. The molecule has 0 saturated heterocycles. The summed E-state index contributed by atoms with van der Waals surface area (Å²) >= 11 is 0. The van der Waals surface area contributed by atoms with Gasteiger partial charge in [0.2, 0.25) is 5.91 Å². The van der Waals surface area contributed by atoms with Gasteiger partial charge >= 0.3 is 0 Å². The third-order valence-electron chi connectivity index (χ3n) is 8.02. The lowest BCUT2D eigenvalue weighted by molar-refractivity contribution is -0.155. The topological polar surface area (TPSA) is 154 Å². The van der Waals surface area contributed by atoms with Crippen molar-refractivity contribution in [1.29, 1.82) is 0 Å². The number of anilines is 1. The van der Waals surface area contributed by atoms with E-state index in [0.29, 0.717) is 24.3 Å². The van der Waals surface area contributed by atoms with Gasteiger partial charge in [0, 0.05) is 37.3 Å². The largest absolute Gasteiger partial charge is 0.508 e. The summed E-state index contributed by atoms with van der Waals surface area (Å²) in [6.07, 6.45) is 2.18. The van der Waals surface area contributed by atoms with E-state index in [-0.39, 0.29) is 12.0 Å². The molecule has 10 nitrogen and oxygen atoms in total. The molecule has 0 aliphatic heterocycles. The minimum Gasteiger partial charge on any atom is -0.508 e. The number of carbonyl (C=O) groups is 3. The third kappa shape index (κ3) is 4.92. The van der Waals surface area contributed by atoms with Gasteiger partial charge in [-0.25, -0.2) is 0 Å². The summed E-state index contributed by atoms with van der Waals surface area (Å²) in [5.74, 6) is -5.85. The summed E-state index contributed by atoms with van der Waals surface area (Å²) in [6, 6.07) is 2.87. The number of benzene rings is 1. The molecule has 5 atom stereocenters. The summed E-state index contributed by atoms with van der Waals surface area (Å²) < 4.78 is 5.97. The quantitative estimate of drug-likeness (QED) is 0.245. The minimum absolute atomic E-state index is 0.0621. The van der Waals surface area contributed by atoms with E-state index in [1.165, 1.54) is 6.92 Å². The SMILES string of the molecule is CCCCOc1ccc(N(C)C)c2c1C(=O)C1=C(O)C(O)(C(=O)C(C)C(N)=O)[C@H]([C@@H](CO)N(C)C)C[C@@H]1C2. The molecule has 0 heterocycles. The van der Waals surface area contributed by atoms with Gasteiger partial charge in [0.05, 0.1) is 24.7 Å². The van der Waals surface area contributed by atoms with Crippen LogP contribution in [0, 0.1) is 17.8 Å². The lowest BCUT2D eigenvalue weighted by Gasteiger charge is -2.48. The zero-order valence-corrected chi connectivity index (χ0v) is 23.2. The van der Waals surface area contributed by atoms with Crippen LogP contribution in [0.5, 0.6) is 5.75 Å². The van der Waals surface area contributed by atoms with Crippen LogP contribution in [0.25, 0.3) is 0 Å². The number of aliphatic hydroxyl groups is 3. The van der Waals surface area contributed by atoms with Crippen LogP contribution >= 0.6 is 0 Å². The molecule has 0 radical (unpaired) electrons. The van der Waals surface area contributed by atoms with Crippen LogP contribution in [0.1, 0.15) is 49.0 Å². The van der Waals surface area contributed by atoms with Crippen molar-refractivity contribution >= 4 is 23.2 Å². The van der Waals surface area contributed by atoms with Crippen molar-refractivity contribution in [3.8, 4) is 5.75 Å². The predicted molar refractivity (Wildman–Crippen MR) is 143 cm³/mol. The van der Waals surface area contributed by atoms with E-state index in [0.717, 1.165) is 24.1 Å². The molecular weight excluding hydrogens is 490 g/mol. The maximum absolute atomic E-state index is 14.1. The fourth-order valence-corrected chi connectivity index (χ4v) is 5.81. The molecule has 0 spiro atoms. The van der Waals surface area contributed by atoms with Gasteiger partial charge in [-0.2, -0.15) is 0 Å². The Morgan fingerprint density at radius 1 is 1.24 bits per heavy atom. The number of carbonyl (C=O) groups excluding carboxylic acids is 3. The number of ketones is 2. The van der Waals surface area contributed by atoms with Crippen LogP contribution in [-0.4, -0.2) is 90.7 Å². The highest BCUT2D eigenvalue weighted by Crippen LogP contribution is 2.50. The number of hydrogen-bond donors (Lipinski definition) is 4. The molecule has 10 heteroatoms. The number of Topliss-reactive ketones (excluding diaryl/α,β-unsaturated/α-hetero) is 2. The Bertz CT molecular complexity index is 1130. The van der Waals surface area contributed by atoms with Gasteiger partial charge in [0.15, 0.2) is 17.2 Å². The van der Waals surface area contributed by atoms with Crippen molar-refractivity contribution in [2.24, 2.45) is 23.5 Å². The molecule has 0 fully saturated rings. The highest BCUT2D eigenvalue weighted by molar-refractivity contribution is 6.15. The zero-order valence-electron chi connectivity index (χ0n) is 23.2. The minimum atomic E-state index is -2.59. The fourth-order valence-electron chi connectivity index (χ4n) is 5.81. The molecule has 5 N–H and O–H groups in total. The molecule has 2 aliphatic carbocycles. The standard InChI is InChI=1S/C28H41N3O7/c1-7-8-11-38-21-10-9-19(30(3)4)17-12-16-13-18(20(14-32)31(5)6)28(37,25(34)15(2)27(29)36)26(35)22(16)24(33)23(17)21/h9-10,15-16,18,20,32,35,37H,7-8,11-14H2,1-6H3,(H2,29,36)/t15?,16-,18-,20+,28?/m0/s1. The number of nitrogens with zero attached hydrogens (tertiary/aromatic N) is 2. The number of allylic oxidation sites excluding steroid dienone is 1. The van der Waals surface area contributed by atoms with Crippen molar-refractivity contribution in [3.05, 3.63) is 34.6 Å². The molecule has 1 aromatic carbocycles. The molecule has 0 aromatic heterocycles. The van der Waals surface area contributed by atoms with Crippen LogP contribution in [-0.2, 0) is 16.0 Å². The van der Waals surface area contributed by atoms with Gasteiger partial charge in [-0.05, 0) is 63.9 Å². The average Bonchev–Trinajstić information content (AvgIpc) is 2.85. The molecule has 0 bridgehead atoms. The molecule has 1 aromatic rings. The Balaban J connectivity index is 2.27. The van der Waals surface area contributed by atoms with Crippen molar-refractivity contribution in [2.75, 3.05) is 46.3 Å². The molecule has 3 rings (SSSR count). The number of aliphatic hydroxyl groups excluding tert-OH is 2. The van der Waals surface area contributed by atoms with Crippen molar-refractivity contribution in [3.63, 3.8) is 0 Å². The Kier molecular flexibility index (Phi) is 8.90. The first-order chi connectivity index (χ1) is 17.8. The highest BCUT2D eigenvalue weighted by atomic mass is 16.5. The van der Waals surface area contributed by atoms with E-state index in [1.54, 1.807) is 25.1 Å². The van der Waals surface area contributed by atoms with Crippen molar-refractivity contribution in [2.45, 2.75) is 51.2 Å². The lowest BCUT2D eigenvalue weighted by Crippen LogP contribution is -2.62. The number of ether oxygens (including phenoxy) is 1.